The molecule has 4 nitrogen and oxygen atoms in total. The Morgan fingerprint density at radius 1 is 1.40 bits per heavy atom. The van der Waals surface area contributed by atoms with Gasteiger partial charge in [-0.05, 0) is 31.5 Å². The Hall–Kier alpha value is -1.97. The van der Waals surface area contributed by atoms with Crippen molar-refractivity contribution in [3.63, 3.8) is 0 Å². The molecule has 4 heteroatoms. The van der Waals surface area contributed by atoms with Crippen LogP contribution in [-0.4, -0.2) is 16.1 Å². The van der Waals surface area contributed by atoms with Crippen molar-refractivity contribution in [1.82, 2.24) is 4.98 Å². The average Bonchev–Trinajstić information content (AvgIpc) is 2.41. The Balaban J connectivity index is 2.83. The van der Waals surface area contributed by atoms with Crippen LogP contribution in [0.3, 0.4) is 0 Å². The van der Waals surface area contributed by atoms with E-state index in [1.807, 2.05) is 13.8 Å². The first kappa shape index (κ1) is 9.58. The van der Waals surface area contributed by atoms with Gasteiger partial charge in [0.05, 0.1) is 5.56 Å². The smallest absolute Gasteiger partial charge is 0.337 e. The zero-order valence-corrected chi connectivity index (χ0v) is 8.59. The standard InChI is InChI=1S/C11H12N2O2/c1-5-6(2)13-10-4-9(12)8(11(14)15)3-7(5)10/h3-4,13H,12H2,1-2H3,(H,14,15). The number of hydrogen-bond donors (Lipinski definition) is 3. The molecular weight excluding hydrogens is 192 g/mol. The number of H-pyrrole nitrogens is 1. The van der Waals surface area contributed by atoms with E-state index in [-0.39, 0.29) is 11.3 Å². The van der Waals surface area contributed by atoms with Crippen LogP contribution in [0.2, 0.25) is 0 Å². The molecule has 0 radical (unpaired) electrons. The second-order valence-corrected chi connectivity index (χ2v) is 3.67. The third-order valence-electron chi connectivity index (χ3n) is 2.71. The van der Waals surface area contributed by atoms with Gasteiger partial charge >= 0.3 is 5.97 Å². The second-order valence-electron chi connectivity index (χ2n) is 3.67. The van der Waals surface area contributed by atoms with Crippen molar-refractivity contribution in [2.45, 2.75) is 13.8 Å². The summed E-state index contributed by atoms with van der Waals surface area (Å²) in [6, 6.07) is 3.28. The van der Waals surface area contributed by atoms with E-state index in [4.69, 9.17) is 10.8 Å². The van der Waals surface area contributed by atoms with Crippen molar-refractivity contribution in [2.24, 2.45) is 0 Å². The second kappa shape index (κ2) is 3.02. The molecule has 0 spiro atoms. The number of aromatic amines is 1. The van der Waals surface area contributed by atoms with Gasteiger partial charge in [-0.1, -0.05) is 0 Å². The summed E-state index contributed by atoms with van der Waals surface area (Å²) in [7, 11) is 0. The summed E-state index contributed by atoms with van der Waals surface area (Å²) < 4.78 is 0. The number of aromatic carboxylic acids is 1. The molecule has 4 N–H and O–H groups in total. The van der Waals surface area contributed by atoms with Gasteiger partial charge in [-0.15, -0.1) is 0 Å². The van der Waals surface area contributed by atoms with Crippen LogP contribution >= 0.6 is 0 Å². The summed E-state index contributed by atoms with van der Waals surface area (Å²) in [5.41, 5.74) is 9.07. The van der Waals surface area contributed by atoms with Crippen molar-refractivity contribution in [3.05, 3.63) is 29.0 Å². The van der Waals surface area contributed by atoms with E-state index in [0.29, 0.717) is 0 Å². The fourth-order valence-corrected chi connectivity index (χ4v) is 1.71. The van der Waals surface area contributed by atoms with E-state index < -0.39 is 5.97 Å². The molecule has 0 bridgehead atoms. The summed E-state index contributed by atoms with van der Waals surface area (Å²) in [5.74, 6) is -0.993. The highest BCUT2D eigenvalue weighted by Gasteiger charge is 2.12. The molecule has 2 rings (SSSR count). The lowest BCUT2D eigenvalue weighted by molar-refractivity contribution is 0.0698. The maximum atomic E-state index is 10.9. The van der Waals surface area contributed by atoms with Crippen LogP contribution in [0.25, 0.3) is 10.9 Å². The van der Waals surface area contributed by atoms with Crippen LogP contribution in [0.5, 0.6) is 0 Å². The van der Waals surface area contributed by atoms with Crippen molar-refractivity contribution in [1.29, 1.82) is 0 Å². The van der Waals surface area contributed by atoms with Gasteiger partial charge in [0, 0.05) is 22.3 Å². The predicted molar refractivity (Wildman–Crippen MR) is 59.1 cm³/mol. The zero-order chi connectivity index (χ0) is 11.2. The van der Waals surface area contributed by atoms with Gasteiger partial charge in [0.2, 0.25) is 0 Å². The van der Waals surface area contributed by atoms with Crippen LogP contribution in [0, 0.1) is 13.8 Å². The number of nitrogens with one attached hydrogen (secondary N) is 1. The highest BCUT2D eigenvalue weighted by Crippen LogP contribution is 2.26. The van der Waals surface area contributed by atoms with E-state index in [1.54, 1.807) is 12.1 Å². The molecule has 0 saturated carbocycles. The highest BCUT2D eigenvalue weighted by atomic mass is 16.4. The largest absolute Gasteiger partial charge is 0.478 e. The van der Waals surface area contributed by atoms with Crippen LogP contribution in [-0.2, 0) is 0 Å². The number of nitrogen functional groups attached to an aromatic ring is 1. The molecule has 0 atom stereocenters. The third kappa shape index (κ3) is 1.34. The third-order valence-corrected chi connectivity index (χ3v) is 2.71. The topological polar surface area (TPSA) is 79.1 Å². The summed E-state index contributed by atoms with van der Waals surface area (Å²) in [6.45, 7) is 3.90. The van der Waals surface area contributed by atoms with Crippen LogP contribution in [0.4, 0.5) is 5.69 Å². The quantitative estimate of drug-likeness (QED) is 0.622. The van der Waals surface area contributed by atoms with Crippen LogP contribution < -0.4 is 5.73 Å². The maximum Gasteiger partial charge on any atom is 0.337 e. The number of nitrogens with two attached hydrogens (primary N) is 1. The molecule has 2 aromatic rings. The summed E-state index contributed by atoms with van der Waals surface area (Å²) >= 11 is 0. The number of carbonyl (C=O) groups is 1. The molecule has 0 aliphatic heterocycles. The molecule has 1 aromatic carbocycles. The first-order valence-corrected chi connectivity index (χ1v) is 4.62. The summed E-state index contributed by atoms with van der Waals surface area (Å²) in [6.07, 6.45) is 0. The maximum absolute atomic E-state index is 10.9. The Morgan fingerprint density at radius 3 is 2.67 bits per heavy atom. The number of aryl methyl sites for hydroxylation is 2. The number of aromatic nitrogens is 1. The van der Waals surface area contributed by atoms with Gasteiger partial charge in [-0.2, -0.15) is 0 Å². The number of fused-ring (bicyclic) bond motifs is 1. The van der Waals surface area contributed by atoms with E-state index in [9.17, 15) is 4.79 Å². The van der Waals surface area contributed by atoms with Crippen molar-refractivity contribution in [2.75, 3.05) is 5.73 Å². The Labute approximate surface area is 86.7 Å². The average molecular weight is 204 g/mol. The van der Waals surface area contributed by atoms with Gasteiger partial charge < -0.3 is 15.8 Å². The normalized spacial score (nSPS) is 10.8. The molecule has 0 saturated heterocycles. The number of carboxylic acids is 1. The van der Waals surface area contributed by atoms with Gasteiger partial charge in [0.25, 0.3) is 0 Å². The van der Waals surface area contributed by atoms with Gasteiger partial charge in [0.1, 0.15) is 0 Å². The molecule has 78 valence electrons. The number of rotatable bonds is 1. The Morgan fingerprint density at radius 2 is 2.07 bits per heavy atom. The Kier molecular flexibility index (Phi) is 1.93. The number of carboxylic acid groups (broad SMARTS) is 1. The number of anilines is 1. The fraction of sp³-hybridized carbons (Fsp3) is 0.182. The van der Waals surface area contributed by atoms with Gasteiger partial charge in [-0.3, -0.25) is 0 Å². The van der Waals surface area contributed by atoms with E-state index in [0.717, 1.165) is 22.2 Å². The minimum Gasteiger partial charge on any atom is -0.478 e. The molecule has 0 aliphatic carbocycles. The minimum absolute atomic E-state index is 0.157. The van der Waals surface area contributed by atoms with Crippen LogP contribution in [0.15, 0.2) is 12.1 Å². The SMILES string of the molecule is Cc1[nH]c2cc(N)c(C(=O)O)cc2c1C. The van der Waals surface area contributed by atoms with Gasteiger partial charge in [0.15, 0.2) is 0 Å². The van der Waals surface area contributed by atoms with Gasteiger partial charge in [-0.25, -0.2) is 4.79 Å². The molecule has 0 unspecified atom stereocenters. The molecule has 0 amide bonds. The molecule has 15 heavy (non-hydrogen) atoms. The lowest BCUT2D eigenvalue weighted by Crippen LogP contribution is -2.01. The van der Waals surface area contributed by atoms with E-state index >= 15 is 0 Å². The van der Waals surface area contributed by atoms with Crippen molar-refractivity contribution < 1.29 is 9.90 Å². The molecular formula is C11H12N2O2. The first-order valence-electron chi connectivity index (χ1n) is 4.62. The monoisotopic (exact) mass is 204 g/mol. The fourth-order valence-electron chi connectivity index (χ4n) is 1.71. The molecule has 1 heterocycles. The first-order chi connectivity index (χ1) is 7.00. The van der Waals surface area contributed by atoms with E-state index in [2.05, 4.69) is 4.98 Å². The van der Waals surface area contributed by atoms with Crippen molar-refractivity contribution in [3.8, 4) is 0 Å². The van der Waals surface area contributed by atoms with Crippen molar-refractivity contribution >= 4 is 22.6 Å². The lowest BCUT2D eigenvalue weighted by Gasteiger charge is -2.01. The zero-order valence-electron chi connectivity index (χ0n) is 8.59. The molecule has 0 aliphatic rings. The predicted octanol–water partition coefficient (Wildman–Crippen LogP) is 2.07. The molecule has 0 fully saturated rings. The number of benzene rings is 1. The lowest BCUT2D eigenvalue weighted by atomic mass is 10.1. The number of hydrogen-bond acceptors (Lipinski definition) is 2. The minimum atomic E-state index is -0.993. The van der Waals surface area contributed by atoms with E-state index in [1.165, 1.54) is 0 Å². The summed E-state index contributed by atoms with van der Waals surface area (Å²) in [5, 5.41) is 9.85. The Bertz CT molecular complexity index is 555. The van der Waals surface area contributed by atoms with Crippen LogP contribution in [0.1, 0.15) is 21.6 Å². The highest BCUT2D eigenvalue weighted by molar-refractivity contribution is 6.00. The summed E-state index contributed by atoms with van der Waals surface area (Å²) in [4.78, 5) is 14.1. The molecule has 1 aromatic heterocycles.